The molecule has 2 heterocycles. The molecule has 1 aliphatic heterocycles. The maximum atomic E-state index is 5.98. The molecule has 0 radical (unpaired) electrons. The van der Waals surface area contributed by atoms with Crippen molar-refractivity contribution >= 4 is 41.5 Å². The summed E-state index contributed by atoms with van der Waals surface area (Å²) < 4.78 is 7.94. The van der Waals surface area contributed by atoms with Gasteiger partial charge >= 0.3 is 0 Å². The number of hydrogen-bond acceptors (Lipinski definition) is 5. The Bertz CT molecular complexity index is 858. The highest BCUT2D eigenvalue weighted by atomic mass is 127. The minimum Gasteiger partial charge on any atom is -0.489 e. The van der Waals surface area contributed by atoms with Gasteiger partial charge in [0.1, 0.15) is 24.2 Å². The Balaban J connectivity index is 0.00000363. The third-order valence-corrected chi connectivity index (χ3v) is 5.93. The number of ether oxygens (including phenoxy) is 1. The van der Waals surface area contributed by atoms with E-state index in [1.807, 2.05) is 49.7 Å². The maximum Gasteiger partial charge on any atom is 0.191 e. The normalized spacial score (nSPS) is 17.7. The van der Waals surface area contributed by atoms with Gasteiger partial charge in [-0.15, -0.1) is 34.2 Å². The first-order valence-electron chi connectivity index (χ1n) is 11.0. The third-order valence-electron chi connectivity index (χ3n) is 5.68. The monoisotopic (exact) mass is 575 g/mol. The molecule has 32 heavy (non-hydrogen) atoms. The SMILES string of the molecule is CCN1CCCC1CNC(=NCc1nnc(C)n1C)NCC(C)Oc1ccc(Cl)cc1.I. The van der Waals surface area contributed by atoms with E-state index in [-0.39, 0.29) is 30.1 Å². The number of nitrogens with zero attached hydrogens (tertiary/aromatic N) is 5. The van der Waals surface area contributed by atoms with Crippen LogP contribution in [0, 0.1) is 6.92 Å². The first-order chi connectivity index (χ1) is 15.0. The van der Waals surface area contributed by atoms with Gasteiger partial charge in [-0.1, -0.05) is 18.5 Å². The molecule has 2 aromatic rings. The summed E-state index contributed by atoms with van der Waals surface area (Å²) in [4.78, 5) is 7.27. The van der Waals surface area contributed by atoms with Crippen molar-refractivity contribution in [2.75, 3.05) is 26.2 Å². The number of likely N-dealkylation sites (tertiary alicyclic amines) is 1. The highest BCUT2D eigenvalue weighted by Crippen LogP contribution is 2.17. The average Bonchev–Trinajstić information content (AvgIpc) is 3.35. The first-order valence-corrected chi connectivity index (χ1v) is 11.4. The van der Waals surface area contributed by atoms with E-state index < -0.39 is 0 Å². The van der Waals surface area contributed by atoms with Crippen LogP contribution in [0.1, 0.15) is 38.3 Å². The fourth-order valence-corrected chi connectivity index (χ4v) is 3.82. The second kappa shape index (κ2) is 13.2. The summed E-state index contributed by atoms with van der Waals surface area (Å²) >= 11 is 5.95. The summed E-state index contributed by atoms with van der Waals surface area (Å²) in [6, 6.07) is 7.95. The smallest absolute Gasteiger partial charge is 0.191 e. The van der Waals surface area contributed by atoms with Crippen molar-refractivity contribution in [2.45, 2.75) is 52.3 Å². The topological polar surface area (TPSA) is 79.6 Å². The second-order valence-electron chi connectivity index (χ2n) is 7.96. The molecule has 1 aromatic carbocycles. The van der Waals surface area contributed by atoms with Gasteiger partial charge in [0, 0.05) is 24.7 Å². The van der Waals surface area contributed by atoms with Gasteiger partial charge in [-0.2, -0.15) is 0 Å². The van der Waals surface area contributed by atoms with Gasteiger partial charge in [0.05, 0.1) is 6.54 Å². The molecule has 3 rings (SSSR count). The Morgan fingerprint density at radius 3 is 2.69 bits per heavy atom. The van der Waals surface area contributed by atoms with Crippen LogP contribution in [0.2, 0.25) is 5.02 Å². The van der Waals surface area contributed by atoms with Crippen molar-refractivity contribution in [3.05, 3.63) is 40.9 Å². The predicted molar refractivity (Wildman–Crippen MR) is 140 cm³/mol. The van der Waals surface area contributed by atoms with Gasteiger partial charge in [0.2, 0.25) is 0 Å². The largest absolute Gasteiger partial charge is 0.489 e. The fraction of sp³-hybridized carbons (Fsp3) is 0.591. The molecule has 0 bridgehead atoms. The van der Waals surface area contributed by atoms with Crippen molar-refractivity contribution in [1.29, 1.82) is 0 Å². The van der Waals surface area contributed by atoms with Crippen LogP contribution in [0.25, 0.3) is 0 Å². The molecule has 1 aromatic heterocycles. The molecule has 2 N–H and O–H groups in total. The van der Waals surface area contributed by atoms with Crippen LogP contribution in [-0.4, -0.2) is 63.9 Å². The molecule has 10 heteroatoms. The van der Waals surface area contributed by atoms with Crippen LogP contribution in [-0.2, 0) is 13.6 Å². The molecule has 0 aliphatic carbocycles. The lowest BCUT2D eigenvalue weighted by Crippen LogP contribution is -2.46. The van der Waals surface area contributed by atoms with E-state index in [2.05, 4.69) is 32.7 Å². The first kappa shape index (κ1) is 26.7. The van der Waals surface area contributed by atoms with Gasteiger partial charge in [-0.05, 0) is 64.0 Å². The molecule has 1 aliphatic rings. The number of benzene rings is 1. The number of halogens is 2. The Kier molecular flexibility index (Phi) is 11.0. The molecule has 1 saturated heterocycles. The summed E-state index contributed by atoms with van der Waals surface area (Å²) in [5.74, 6) is 3.27. The summed E-state index contributed by atoms with van der Waals surface area (Å²) in [6.45, 7) is 10.4. The summed E-state index contributed by atoms with van der Waals surface area (Å²) in [6.07, 6.45) is 2.43. The molecule has 0 amide bonds. The Labute approximate surface area is 213 Å². The van der Waals surface area contributed by atoms with E-state index in [0.29, 0.717) is 24.2 Å². The summed E-state index contributed by atoms with van der Waals surface area (Å²) in [7, 11) is 1.96. The molecule has 2 unspecified atom stereocenters. The van der Waals surface area contributed by atoms with E-state index in [4.69, 9.17) is 21.3 Å². The van der Waals surface area contributed by atoms with E-state index in [1.54, 1.807) is 0 Å². The standard InChI is InChI=1S/C22H34ClN7O.HI/c1-5-30-12-6-7-19(30)14-25-22(26-15-21-28-27-17(3)29(21)4)24-13-16(2)31-20-10-8-18(23)9-11-20;/h8-11,16,19H,5-7,12-15H2,1-4H3,(H2,24,25,26);1H. The highest BCUT2D eigenvalue weighted by Gasteiger charge is 2.23. The van der Waals surface area contributed by atoms with Crippen LogP contribution in [0.5, 0.6) is 5.75 Å². The van der Waals surface area contributed by atoms with Crippen LogP contribution < -0.4 is 15.4 Å². The lowest BCUT2D eigenvalue weighted by molar-refractivity contribution is 0.223. The van der Waals surface area contributed by atoms with Gasteiger partial charge in [-0.3, -0.25) is 4.90 Å². The molecular weight excluding hydrogens is 541 g/mol. The predicted octanol–water partition coefficient (Wildman–Crippen LogP) is 3.38. The molecular formula is C22H35ClIN7O. The number of aromatic nitrogens is 3. The zero-order chi connectivity index (χ0) is 22.2. The highest BCUT2D eigenvalue weighted by molar-refractivity contribution is 14.0. The Morgan fingerprint density at radius 1 is 1.28 bits per heavy atom. The zero-order valence-electron chi connectivity index (χ0n) is 19.3. The number of nitrogens with one attached hydrogen (secondary N) is 2. The Hall–Kier alpha value is -1.59. The zero-order valence-corrected chi connectivity index (χ0v) is 22.4. The molecule has 8 nitrogen and oxygen atoms in total. The van der Waals surface area contributed by atoms with Crippen molar-refractivity contribution in [2.24, 2.45) is 12.0 Å². The summed E-state index contributed by atoms with van der Waals surface area (Å²) in [5.41, 5.74) is 0. The fourth-order valence-electron chi connectivity index (χ4n) is 3.70. The van der Waals surface area contributed by atoms with Gasteiger partial charge in [-0.25, -0.2) is 4.99 Å². The maximum absolute atomic E-state index is 5.98. The number of aryl methyl sites for hydroxylation is 1. The lowest BCUT2D eigenvalue weighted by atomic mass is 10.2. The van der Waals surface area contributed by atoms with Crippen molar-refractivity contribution in [1.82, 2.24) is 30.3 Å². The average molecular weight is 576 g/mol. The second-order valence-corrected chi connectivity index (χ2v) is 8.39. The minimum absolute atomic E-state index is 0. The van der Waals surface area contributed by atoms with E-state index >= 15 is 0 Å². The van der Waals surface area contributed by atoms with E-state index in [0.717, 1.165) is 36.4 Å². The summed E-state index contributed by atoms with van der Waals surface area (Å²) in [5, 5.41) is 16.0. The van der Waals surface area contributed by atoms with Gasteiger partial charge < -0.3 is 19.9 Å². The van der Waals surface area contributed by atoms with Crippen LogP contribution in [0.4, 0.5) is 0 Å². The molecule has 0 spiro atoms. The number of likely N-dealkylation sites (N-methyl/N-ethyl adjacent to an activating group) is 1. The molecule has 1 fully saturated rings. The molecule has 178 valence electrons. The van der Waals surface area contributed by atoms with E-state index in [1.165, 1.54) is 19.4 Å². The van der Waals surface area contributed by atoms with Crippen LogP contribution in [0.3, 0.4) is 0 Å². The van der Waals surface area contributed by atoms with Crippen molar-refractivity contribution in [3.63, 3.8) is 0 Å². The van der Waals surface area contributed by atoms with Crippen molar-refractivity contribution in [3.8, 4) is 5.75 Å². The van der Waals surface area contributed by atoms with Crippen LogP contribution >= 0.6 is 35.6 Å². The number of hydrogen-bond donors (Lipinski definition) is 2. The number of rotatable bonds is 9. The van der Waals surface area contributed by atoms with Gasteiger partial charge in [0.25, 0.3) is 0 Å². The minimum atomic E-state index is -0.0381. The third kappa shape index (κ3) is 7.77. The van der Waals surface area contributed by atoms with Gasteiger partial charge in [0.15, 0.2) is 11.8 Å². The molecule has 0 saturated carbocycles. The number of guanidine groups is 1. The lowest BCUT2D eigenvalue weighted by Gasteiger charge is -2.24. The van der Waals surface area contributed by atoms with Crippen molar-refractivity contribution < 1.29 is 4.74 Å². The molecule has 2 atom stereocenters. The van der Waals surface area contributed by atoms with E-state index in [9.17, 15) is 0 Å². The van der Waals surface area contributed by atoms with Crippen LogP contribution in [0.15, 0.2) is 29.3 Å². The quantitative estimate of drug-likeness (QED) is 0.271. The number of aliphatic imine (C=N–C) groups is 1. The Morgan fingerprint density at radius 2 is 2.03 bits per heavy atom.